The number of ether oxygens (including phenoxy) is 5. The predicted molar refractivity (Wildman–Crippen MR) is 221 cm³/mol. The first kappa shape index (κ1) is 36.7. The Morgan fingerprint density at radius 2 is 0.821 bits per heavy atom. The molecule has 0 aromatic heterocycles. The van der Waals surface area contributed by atoms with Gasteiger partial charge in [-0.2, -0.15) is 0 Å². The van der Waals surface area contributed by atoms with Gasteiger partial charge in [0.05, 0.1) is 12.7 Å². The second kappa shape index (κ2) is 18.4. The number of benzene rings is 7. The summed E-state index contributed by atoms with van der Waals surface area (Å²) < 4.78 is 32.9. The van der Waals surface area contributed by atoms with Gasteiger partial charge in [-0.15, -0.1) is 0 Å². The molecule has 0 radical (unpaired) electrons. The van der Waals surface area contributed by atoms with Crippen LogP contribution in [0.15, 0.2) is 182 Å². The molecule has 1 aliphatic carbocycles. The maximum absolute atomic E-state index is 6.89. The van der Waals surface area contributed by atoms with E-state index in [4.69, 9.17) is 23.7 Å². The third-order valence-corrected chi connectivity index (χ3v) is 10.2. The van der Waals surface area contributed by atoms with Crippen LogP contribution >= 0.6 is 0 Å². The molecule has 2 atom stereocenters. The molecular weight excluding hydrogens is 693 g/mol. The number of hydrogen-bond donors (Lipinski definition) is 0. The van der Waals surface area contributed by atoms with Gasteiger partial charge >= 0.3 is 0 Å². The summed E-state index contributed by atoms with van der Waals surface area (Å²) in [7, 11) is 0. The third-order valence-electron chi connectivity index (χ3n) is 10.2. The van der Waals surface area contributed by atoms with E-state index in [-0.39, 0.29) is 12.0 Å². The van der Waals surface area contributed by atoms with Gasteiger partial charge in [0.1, 0.15) is 37.9 Å². The normalized spacial score (nSPS) is 14.7. The zero-order chi connectivity index (χ0) is 37.8. The highest BCUT2D eigenvalue weighted by atomic mass is 16.5. The molecule has 0 saturated carbocycles. The van der Waals surface area contributed by atoms with Crippen LogP contribution in [0.5, 0.6) is 23.0 Å². The number of hydrogen-bond acceptors (Lipinski definition) is 5. The van der Waals surface area contributed by atoms with E-state index in [1.54, 1.807) is 0 Å². The van der Waals surface area contributed by atoms with E-state index >= 15 is 0 Å². The molecule has 0 heterocycles. The minimum Gasteiger partial charge on any atom is -0.489 e. The molecule has 8 rings (SSSR count). The van der Waals surface area contributed by atoms with Crippen molar-refractivity contribution in [1.29, 1.82) is 0 Å². The Morgan fingerprint density at radius 3 is 1.34 bits per heavy atom. The molecule has 0 spiro atoms. The van der Waals surface area contributed by atoms with Crippen LogP contribution in [0.1, 0.15) is 50.4 Å². The van der Waals surface area contributed by atoms with Gasteiger partial charge in [-0.1, -0.05) is 158 Å². The van der Waals surface area contributed by atoms with Crippen molar-refractivity contribution < 1.29 is 23.7 Å². The third kappa shape index (κ3) is 9.67. The SMILES string of the molecule is c1ccc(COc2cc3c(c(OCc4ccccc4)c2)C[C@H](OCc2ccccc2)[C@@H](c2ccc(OCc4ccccc4)c(OCc4ccccc4)c2)C3)cc1. The van der Waals surface area contributed by atoms with Crippen LogP contribution in [-0.4, -0.2) is 6.10 Å². The van der Waals surface area contributed by atoms with E-state index in [0.717, 1.165) is 56.9 Å². The number of rotatable bonds is 16. The molecule has 0 unspecified atom stereocenters. The van der Waals surface area contributed by atoms with Crippen molar-refractivity contribution in [2.24, 2.45) is 0 Å². The largest absolute Gasteiger partial charge is 0.489 e. The lowest BCUT2D eigenvalue weighted by atomic mass is 9.77. The standard InChI is InChI=1S/C51H46O5/c1-6-16-38(17-7-1)33-52-45-28-44-29-46(43-26-27-48(53-34-39-18-8-2-9-19-39)51(30-43)56-37-42-24-14-5-15-25-42)50(55-36-41-22-12-4-13-23-41)32-47(44)49(31-45)54-35-40-20-10-3-11-21-40/h1-28,30-31,46,50H,29,32-37H2/t46-,50+/m1/s1. The highest BCUT2D eigenvalue weighted by Gasteiger charge is 2.34. The van der Waals surface area contributed by atoms with E-state index in [9.17, 15) is 0 Å². The van der Waals surface area contributed by atoms with Crippen molar-refractivity contribution in [2.75, 3.05) is 0 Å². The molecule has 7 aromatic rings. The zero-order valence-electron chi connectivity index (χ0n) is 31.5. The van der Waals surface area contributed by atoms with Crippen LogP contribution in [0.3, 0.4) is 0 Å². The molecule has 7 aromatic carbocycles. The van der Waals surface area contributed by atoms with Crippen LogP contribution in [0.4, 0.5) is 0 Å². The molecule has 0 aliphatic heterocycles. The fourth-order valence-electron chi connectivity index (χ4n) is 7.23. The van der Waals surface area contributed by atoms with Gasteiger partial charge in [0.25, 0.3) is 0 Å². The predicted octanol–water partition coefficient (Wildman–Crippen LogP) is 11.5. The molecule has 0 bridgehead atoms. The summed E-state index contributed by atoms with van der Waals surface area (Å²) in [5, 5.41) is 0. The Kier molecular flexibility index (Phi) is 12.0. The van der Waals surface area contributed by atoms with Crippen LogP contribution in [0.2, 0.25) is 0 Å². The summed E-state index contributed by atoms with van der Waals surface area (Å²) in [5.41, 5.74) is 9.03. The topological polar surface area (TPSA) is 46.2 Å². The summed E-state index contributed by atoms with van der Waals surface area (Å²) in [6, 6.07) is 62.0. The summed E-state index contributed by atoms with van der Waals surface area (Å²) in [6.07, 6.45) is 1.29. The van der Waals surface area contributed by atoms with Crippen molar-refractivity contribution in [3.8, 4) is 23.0 Å². The Hall–Kier alpha value is -6.30. The van der Waals surface area contributed by atoms with Crippen molar-refractivity contribution in [3.63, 3.8) is 0 Å². The van der Waals surface area contributed by atoms with Crippen LogP contribution in [0, 0.1) is 0 Å². The average molecular weight is 739 g/mol. The molecular formula is C51H46O5. The molecule has 0 saturated heterocycles. The fourth-order valence-corrected chi connectivity index (χ4v) is 7.23. The first-order valence-corrected chi connectivity index (χ1v) is 19.4. The molecule has 5 nitrogen and oxygen atoms in total. The molecule has 0 amide bonds. The minimum atomic E-state index is -0.129. The second-order valence-corrected chi connectivity index (χ2v) is 14.2. The molecule has 5 heteroatoms. The fraction of sp³-hybridized carbons (Fsp3) is 0.176. The zero-order valence-corrected chi connectivity index (χ0v) is 31.5. The molecule has 1 aliphatic rings. The van der Waals surface area contributed by atoms with Crippen LogP contribution in [-0.2, 0) is 50.6 Å². The lowest BCUT2D eigenvalue weighted by molar-refractivity contribution is 0.0173. The summed E-state index contributed by atoms with van der Waals surface area (Å²) >= 11 is 0. The first-order valence-electron chi connectivity index (χ1n) is 19.4. The van der Waals surface area contributed by atoms with Gasteiger partial charge < -0.3 is 23.7 Å². The molecule has 0 fully saturated rings. The van der Waals surface area contributed by atoms with E-state index in [1.807, 2.05) is 84.9 Å². The second-order valence-electron chi connectivity index (χ2n) is 14.2. The van der Waals surface area contributed by atoms with E-state index in [1.165, 1.54) is 5.56 Å². The smallest absolute Gasteiger partial charge is 0.161 e. The summed E-state index contributed by atoms with van der Waals surface area (Å²) in [4.78, 5) is 0. The quantitative estimate of drug-likeness (QED) is 0.0988. The molecule has 0 N–H and O–H groups in total. The van der Waals surface area contributed by atoms with Crippen molar-refractivity contribution in [1.82, 2.24) is 0 Å². The Labute approximate surface area is 330 Å². The van der Waals surface area contributed by atoms with Gasteiger partial charge in [-0.25, -0.2) is 0 Å². The monoisotopic (exact) mass is 738 g/mol. The maximum atomic E-state index is 6.89. The molecule has 56 heavy (non-hydrogen) atoms. The highest BCUT2D eigenvalue weighted by molar-refractivity contribution is 5.52. The lowest BCUT2D eigenvalue weighted by Crippen LogP contribution is -2.31. The van der Waals surface area contributed by atoms with Crippen LogP contribution < -0.4 is 18.9 Å². The highest BCUT2D eigenvalue weighted by Crippen LogP contribution is 2.43. The Balaban J connectivity index is 1.13. The lowest BCUT2D eigenvalue weighted by Gasteiger charge is -2.35. The van der Waals surface area contributed by atoms with Gasteiger partial charge in [0, 0.05) is 24.0 Å². The van der Waals surface area contributed by atoms with Gasteiger partial charge in [-0.3, -0.25) is 0 Å². The Bertz CT molecular complexity index is 2260. The minimum absolute atomic E-state index is 0.0276. The summed E-state index contributed by atoms with van der Waals surface area (Å²) in [5.74, 6) is 3.06. The maximum Gasteiger partial charge on any atom is 0.161 e. The van der Waals surface area contributed by atoms with Crippen LogP contribution in [0.25, 0.3) is 0 Å². The summed E-state index contributed by atoms with van der Waals surface area (Å²) in [6.45, 7) is 2.31. The Morgan fingerprint density at radius 1 is 0.375 bits per heavy atom. The van der Waals surface area contributed by atoms with E-state index < -0.39 is 0 Å². The van der Waals surface area contributed by atoms with Gasteiger partial charge in [0.2, 0.25) is 0 Å². The number of fused-ring (bicyclic) bond motifs is 1. The van der Waals surface area contributed by atoms with Crippen molar-refractivity contribution in [3.05, 3.63) is 226 Å². The molecule has 280 valence electrons. The van der Waals surface area contributed by atoms with Gasteiger partial charge in [0.15, 0.2) is 11.5 Å². The van der Waals surface area contributed by atoms with Gasteiger partial charge in [-0.05, 0) is 63.6 Å². The average Bonchev–Trinajstić information content (AvgIpc) is 3.27. The van der Waals surface area contributed by atoms with Crippen molar-refractivity contribution in [2.45, 2.75) is 57.9 Å². The van der Waals surface area contributed by atoms with E-state index in [2.05, 4.69) is 97.1 Å². The van der Waals surface area contributed by atoms with Crippen molar-refractivity contribution >= 4 is 0 Å². The first-order chi connectivity index (χ1) is 27.7. The van der Waals surface area contributed by atoms with E-state index in [0.29, 0.717) is 51.0 Å².